The van der Waals surface area contributed by atoms with Gasteiger partial charge in [0.05, 0.1) is 5.69 Å². The molecule has 0 bridgehead atoms. The molecule has 1 aromatic heterocycles. The van der Waals surface area contributed by atoms with Crippen molar-refractivity contribution in [3.05, 3.63) is 50.5 Å². The molecule has 1 aromatic carbocycles. The van der Waals surface area contributed by atoms with Gasteiger partial charge in [-0.1, -0.05) is 0 Å². The lowest BCUT2D eigenvalue weighted by Gasteiger charge is -2.20. The lowest BCUT2D eigenvalue weighted by atomic mass is 10.00. The van der Waals surface area contributed by atoms with Gasteiger partial charge in [-0.15, -0.1) is 13.2 Å². The summed E-state index contributed by atoms with van der Waals surface area (Å²) in [7, 11) is 2.34. The maximum atomic E-state index is 14.1. The van der Waals surface area contributed by atoms with Gasteiger partial charge in [-0.25, -0.2) is 23.4 Å². The number of hydrogen-bond donors (Lipinski definition) is 0. The van der Waals surface area contributed by atoms with Crippen LogP contribution in [0.25, 0.3) is 5.69 Å². The Morgan fingerprint density at radius 1 is 1.10 bits per heavy atom. The quantitative estimate of drug-likeness (QED) is 0.504. The SMILES string of the molecule is CN1N=CC(c2nn(C)c(=O)n(-c3ccc(OC(F)(F)F)c(F)c3)c2=O)C(=O)C1=O. The number of likely N-dealkylation sites (N-methyl/N-ethyl adjacent to an activating group) is 1. The third-order valence-corrected chi connectivity index (χ3v) is 4.02. The van der Waals surface area contributed by atoms with E-state index in [4.69, 9.17) is 0 Å². The van der Waals surface area contributed by atoms with Crippen LogP contribution in [0.3, 0.4) is 0 Å². The zero-order chi connectivity index (χ0) is 22.4. The fourth-order valence-corrected chi connectivity index (χ4v) is 2.63. The van der Waals surface area contributed by atoms with Crippen LogP contribution >= 0.6 is 0 Å². The van der Waals surface area contributed by atoms with Crippen molar-refractivity contribution < 1.29 is 31.9 Å². The van der Waals surface area contributed by atoms with E-state index in [1.54, 1.807) is 0 Å². The number of ketones is 1. The van der Waals surface area contributed by atoms with Crippen LogP contribution in [-0.4, -0.2) is 50.7 Å². The monoisotopic (exact) mass is 429 g/mol. The minimum absolute atomic E-state index is 0.396. The van der Waals surface area contributed by atoms with Gasteiger partial charge in [0.2, 0.25) is 5.78 Å². The number of alkyl halides is 3. The van der Waals surface area contributed by atoms with E-state index in [2.05, 4.69) is 14.9 Å². The fourth-order valence-electron chi connectivity index (χ4n) is 2.63. The Labute approximate surface area is 163 Å². The topological polar surface area (TPSA) is 116 Å². The zero-order valence-corrected chi connectivity index (χ0v) is 15.2. The van der Waals surface area contributed by atoms with Crippen LogP contribution in [0.2, 0.25) is 0 Å². The van der Waals surface area contributed by atoms with Crippen LogP contribution < -0.4 is 16.0 Å². The Kier molecular flexibility index (Phi) is 5.01. The summed E-state index contributed by atoms with van der Waals surface area (Å²) in [6.07, 6.45) is -4.18. The molecule has 1 amide bonds. The second-order valence-corrected chi connectivity index (χ2v) is 6.03. The molecule has 0 radical (unpaired) electrons. The summed E-state index contributed by atoms with van der Waals surface area (Å²) in [5.74, 6) is -6.24. The Hall–Kier alpha value is -3.84. The Bertz CT molecular complexity index is 1200. The van der Waals surface area contributed by atoms with E-state index < -0.39 is 58.2 Å². The summed E-state index contributed by atoms with van der Waals surface area (Å²) in [5, 5.41) is 8.10. The van der Waals surface area contributed by atoms with Crippen molar-refractivity contribution in [3.63, 3.8) is 0 Å². The molecule has 30 heavy (non-hydrogen) atoms. The first-order valence-electron chi connectivity index (χ1n) is 8.02. The first kappa shape index (κ1) is 20.9. The van der Waals surface area contributed by atoms with Crippen LogP contribution in [0.5, 0.6) is 5.75 Å². The highest BCUT2D eigenvalue weighted by Crippen LogP contribution is 2.26. The average molecular weight is 429 g/mol. The highest BCUT2D eigenvalue weighted by molar-refractivity contribution is 6.42. The van der Waals surface area contributed by atoms with Gasteiger partial charge in [0.1, 0.15) is 11.6 Å². The van der Waals surface area contributed by atoms with E-state index in [1.165, 1.54) is 7.05 Å². The number of rotatable bonds is 3. The summed E-state index contributed by atoms with van der Waals surface area (Å²) in [6, 6.07) is 1.89. The molecule has 0 saturated heterocycles. The summed E-state index contributed by atoms with van der Waals surface area (Å²) >= 11 is 0. The molecule has 2 aromatic rings. The Morgan fingerprint density at radius 2 is 1.77 bits per heavy atom. The maximum Gasteiger partial charge on any atom is 0.573 e. The third-order valence-electron chi connectivity index (χ3n) is 4.02. The van der Waals surface area contributed by atoms with Crippen LogP contribution in [0.15, 0.2) is 32.9 Å². The number of carbonyl (C=O) groups is 2. The van der Waals surface area contributed by atoms with Gasteiger partial charge in [-0.2, -0.15) is 10.2 Å². The third kappa shape index (κ3) is 3.70. The van der Waals surface area contributed by atoms with Crippen LogP contribution in [0.1, 0.15) is 11.6 Å². The minimum atomic E-state index is -5.15. The van der Waals surface area contributed by atoms with Crippen LogP contribution in [0, 0.1) is 5.82 Å². The molecule has 0 aliphatic carbocycles. The lowest BCUT2D eigenvalue weighted by molar-refractivity contribution is -0.275. The molecule has 0 spiro atoms. The molecular weight excluding hydrogens is 418 g/mol. The second kappa shape index (κ2) is 7.20. The average Bonchev–Trinajstić information content (AvgIpc) is 2.65. The number of amides is 1. The maximum absolute atomic E-state index is 14.1. The number of Topliss-reactive ketones (excluding diaryl/α,β-unsaturated/α-hetero) is 1. The predicted molar refractivity (Wildman–Crippen MR) is 90.7 cm³/mol. The van der Waals surface area contributed by atoms with Crippen molar-refractivity contribution in [2.24, 2.45) is 12.1 Å². The molecule has 1 aliphatic heterocycles. The molecule has 0 fully saturated rings. The van der Waals surface area contributed by atoms with Crippen molar-refractivity contribution in [3.8, 4) is 11.4 Å². The van der Waals surface area contributed by atoms with E-state index in [1.807, 2.05) is 0 Å². The zero-order valence-electron chi connectivity index (χ0n) is 15.2. The van der Waals surface area contributed by atoms with Crippen molar-refractivity contribution in [2.45, 2.75) is 12.3 Å². The van der Waals surface area contributed by atoms with E-state index in [9.17, 15) is 36.7 Å². The number of ether oxygens (including phenoxy) is 1. The van der Waals surface area contributed by atoms with E-state index in [0.717, 1.165) is 24.3 Å². The lowest BCUT2D eigenvalue weighted by Crippen LogP contribution is -2.46. The minimum Gasteiger partial charge on any atom is -0.403 e. The summed E-state index contributed by atoms with van der Waals surface area (Å²) in [6.45, 7) is 0. The molecule has 1 aliphatic rings. The van der Waals surface area contributed by atoms with Crippen molar-refractivity contribution in [1.29, 1.82) is 0 Å². The van der Waals surface area contributed by atoms with Crippen molar-refractivity contribution in [1.82, 2.24) is 19.4 Å². The van der Waals surface area contributed by atoms with Gasteiger partial charge in [0.25, 0.3) is 5.56 Å². The van der Waals surface area contributed by atoms with Gasteiger partial charge in [0.15, 0.2) is 11.6 Å². The first-order valence-corrected chi connectivity index (χ1v) is 8.02. The number of nitrogens with zero attached hydrogens (tertiary/aromatic N) is 5. The normalized spacial score (nSPS) is 16.9. The molecule has 3 rings (SSSR count). The standard InChI is InChI=1S/C16H11F4N5O5/c1-23-14(28)12(26)8(6-21-23)11-13(27)25(15(29)24(2)22-11)7-3-4-10(9(17)5-7)30-16(18,19)20/h3-6,8H,1-2H3. The Morgan fingerprint density at radius 3 is 2.37 bits per heavy atom. The van der Waals surface area contributed by atoms with Gasteiger partial charge in [-0.3, -0.25) is 14.4 Å². The molecule has 1 atom stereocenters. The number of halogens is 4. The summed E-state index contributed by atoms with van der Waals surface area (Å²) in [4.78, 5) is 49.2. The molecule has 158 valence electrons. The molecule has 2 heterocycles. The van der Waals surface area contributed by atoms with Gasteiger partial charge < -0.3 is 4.74 Å². The highest BCUT2D eigenvalue weighted by atomic mass is 19.4. The number of benzene rings is 1. The van der Waals surface area contributed by atoms with E-state index in [0.29, 0.717) is 21.4 Å². The number of carbonyl (C=O) groups excluding carboxylic acids is 2. The predicted octanol–water partition coefficient (Wildman–Crippen LogP) is 0.0794. The fraction of sp³-hybridized carbons (Fsp3) is 0.250. The van der Waals surface area contributed by atoms with Crippen LogP contribution in [-0.2, 0) is 16.6 Å². The van der Waals surface area contributed by atoms with E-state index in [-0.39, 0.29) is 0 Å². The number of hydrogen-bond acceptors (Lipinski definition) is 7. The van der Waals surface area contributed by atoms with Gasteiger partial charge in [-0.05, 0) is 12.1 Å². The largest absolute Gasteiger partial charge is 0.573 e. The number of hydrazone groups is 1. The Balaban J connectivity index is 2.16. The van der Waals surface area contributed by atoms with E-state index >= 15 is 0 Å². The number of aromatic nitrogens is 3. The summed E-state index contributed by atoms with van der Waals surface area (Å²) in [5.41, 5.74) is -3.25. The summed E-state index contributed by atoms with van der Waals surface area (Å²) < 4.78 is 55.5. The second-order valence-electron chi connectivity index (χ2n) is 6.03. The first-order chi connectivity index (χ1) is 13.9. The molecular formula is C16H11F4N5O5. The smallest absolute Gasteiger partial charge is 0.403 e. The molecule has 0 N–H and O–H groups in total. The molecule has 0 saturated carbocycles. The molecule has 10 nitrogen and oxygen atoms in total. The highest BCUT2D eigenvalue weighted by Gasteiger charge is 2.36. The van der Waals surface area contributed by atoms with Crippen LogP contribution in [0.4, 0.5) is 17.6 Å². The molecule has 1 unspecified atom stereocenters. The molecule has 14 heteroatoms. The van der Waals surface area contributed by atoms with Gasteiger partial charge in [0, 0.05) is 26.4 Å². The number of aryl methyl sites for hydroxylation is 1. The van der Waals surface area contributed by atoms with Crippen molar-refractivity contribution >= 4 is 17.9 Å². The van der Waals surface area contributed by atoms with Gasteiger partial charge >= 0.3 is 18.0 Å². The van der Waals surface area contributed by atoms with Crippen molar-refractivity contribution in [2.75, 3.05) is 7.05 Å².